The number of pyridine rings is 1. The molecule has 0 saturated heterocycles. The van der Waals surface area contributed by atoms with Crippen LogP contribution in [0.4, 0.5) is 0 Å². The molecule has 0 radical (unpaired) electrons. The van der Waals surface area contributed by atoms with Gasteiger partial charge in [-0.1, -0.05) is 12.8 Å². The van der Waals surface area contributed by atoms with Crippen molar-refractivity contribution >= 4 is 17.4 Å². The third-order valence-electron chi connectivity index (χ3n) is 3.64. The van der Waals surface area contributed by atoms with Crippen LogP contribution in [0.25, 0.3) is 5.65 Å². The molecule has 0 N–H and O–H groups in total. The predicted molar refractivity (Wildman–Crippen MR) is 79.8 cm³/mol. The maximum atomic E-state index is 12.0. The van der Waals surface area contributed by atoms with E-state index in [1.807, 2.05) is 30.8 Å². The van der Waals surface area contributed by atoms with E-state index in [0.717, 1.165) is 27.9 Å². The van der Waals surface area contributed by atoms with Crippen molar-refractivity contribution in [3.63, 3.8) is 0 Å². The van der Waals surface area contributed by atoms with E-state index < -0.39 is 0 Å². The van der Waals surface area contributed by atoms with Gasteiger partial charge in [-0.3, -0.25) is 9.20 Å². The third-order valence-corrected chi connectivity index (χ3v) is 5.05. The molecule has 1 aliphatic rings. The molecule has 19 heavy (non-hydrogen) atoms. The van der Waals surface area contributed by atoms with Crippen LogP contribution in [0.1, 0.15) is 36.9 Å². The summed E-state index contributed by atoms with van der Waals surface area (Å²) >= 11 is 1.95. The lowest BCUT2D eigenvalue weighted by atomic mass is 10.3. The minimum atomic E-state index is 0.0204. The fourth-order valence-corrected chi connectivity index (χ4v) is 3.81. The predicted octanol–water partition coefficient (Wildman–Crippen LogP) is 3.18. The molecule has 0 atom stereocenters. The Labute approximate surface area is 117 Å². The van der Waals surface area contributed by atoms with E-state index in [0.29, 0.717) is 0 Å². The number of nitrogens with zero attached hydrogens (tertiary/aromatic N) is 2. The molecule has 1 saturated carbocycles. The first-order valence-electron chi connectivity index (χ1n) is 6.83. The fourth-order valence-electron chi connectivity index (χ4n) is 2.59. The van der Waals surface area contributed by atoms with Gasteiger partial charge in [-0.05, 0) is 37.5 Å². The van der Waals surface area contributed by atoms with Crippen LogP contribution in [-0.2, 0) is 5.75 Å². The molecular weight excluding hydrogens is 256 g/mol. The zero-order valence-electron chi connectivity index (χ0n) is 11.1. The van der Waals surface area contributed by atoms with Crippen LogP contribution in [0, 0.1) is 6.92 Å². The van der Waals surface area contributed by atoms with E-state index in [-0.39, 0.29) is 5.56 Å². The number of hydrogen-bond acceptors (Lipinski definition) is 3. The van der Waals surface area contributed by atoms with Crippen LogP contribution in [-0.4, -0.2) is 14.6 Å². The van der Waals surface area contributed by atoms with Crippen LogP contribution < -0.4 is 5.56 Å². The number of rotatable bonds is 3. The fraction of sp³-hybridized carbons (Fsp3) is 0.467. The van der Waals surface area contributed by atoms with Gasteiger partial charge in [0.25, 0.3) is 5.56 Å². The van der Waals surface area contributed by atoms with Crippen molar-refractivity contribution in [3.05, 3.63) is 46.0 Å². The molecule has 3 nitrogen and oxygen atoms in total. The molecule has 100 valence electrons. The quantitative estimate of drug-likeness (QED) is 0.862. The Bertz CT molecular complexity index is 644. The molecule has 2 aromatic rings. The van der Waals surface area contributed by atoms with E-state index >= 15 is 0 Å². The van der Waals surface area contributed by atoms with Crippen LogP contribution in [0.3, 0.4) is 0 Å². The second kappa shape index (κ2) is 5.37. The van der Waals surface area contributed by atoms with Gasteiger partial charge in [0.2, 0.25) is 0 Å². The van der Waals surface area contributed by atoms with Crippen LogP contribution in [0.15, 0.2) is 29.2 Å². The van der Waals surface area contributed by atoms with Gasteiger partial charge in [-0.2, -0.15) is 11.8 Å². The summed E-state index contributed by atoms with van der Waals surface area (Å²) in [4.78, 5) is 16.6. The molecule has 1 aliphatic carbocycles. The van der Waals surface area contributed by atoms with Gasteiger partial charge in [0.1, 0.15) is 5.65 Å². The topological polar surface area (TPSA) is 34.4 Å². The molecule has 0 amide bonds. The average molecular weight is 274 g/mol. The summed E-state index contributed by atoms with van der Waals surface area (Å²) in [6, 6.07) is 5.57. The van der Waals surface area contributed by atoms with Crippen molar-refractivity contribution in [2.24, 2.45) is 0 Å². The second-order valence-corrected chi connectivity index (χ2v) is 6.52. The van der Waals surface area contributed by atoms with E-state index in [1.54, 1.807) is 16.7 Å². The van der Waals surface area contributed by atoms with Crippen molar-refractivity contribution in [1.82, 2.24) is 9.38 Å². The van der Waals surface area contributed by atoms with Crippen LogP contribution in [0.5, 0.6) is 0 Å². The summed E-state index contributed by atoms with van der Waals surface area (Å²) in [5.74, 6) is 0.852. The summed E-state index contributed by atoms with van der Waals surface area (Å²) in [5.41, 5.74) is 2.82. The zero-order valence-corrected chi connectivity index (χ0v) is 11.9. The molecule has 0 spiro atoms. The highest BCUT2D eigenvalue weighted by Gasteiger charge is 2.15. The van der Waals surface area contributed by atoms with Gasteiger partial charge >= 0.3 is 0 Å². The Hall–Kier alpha value is -1.29. The average Bonchev–Trinajstić information content (AvgIpc) is 2.89. The Balaban J connectivity index is 1.85. The molecule has 1 fully saturated rings. The molecule has 2 heterocycles. The molecule has 0 bridgehead atoms. The van der Waals surface area contributed by atoms with Gasteiger partial charge < -0.3 is 0 Å². The zero-order chi connectivity index (χ0) is 13.2. The van der Waals surface area contributed by atoms with Crippen LogP contribution >= 0.6 is 11.8 Å². The Morgan fingerprint density at radius 1 is 1.37 bits per heavy atom. The molecular formula is C15H18N2OS. The largest absolute Gasteiger partial charge is 0.269 e. The van der Waals surface area contributed by atoms with Gasteiger partial charge in [-0.15, -0.1) is 0 Å². The van der Waals surface area contributed by atoms with Gasteiger partial charge in [0.05, 0.1) is 5.69 Å². The Morgan fingerprint density at radius 3 is 2.95 bits per heavy atom. The van der Waals surface area contributed by atoms with E-state index in [2.05, 4.69) is 4.98 Å². The minimum Gasteiger partial charge on any atom is -0.269 e. The van der Waals surface area contributed by atoms with Crippen molar-refractivity contribution < 1.29 is 0 Å². The van der Waals surface area contributed by atoms with Gasteiger partial charge in [-0.25, -0.2) is 4.98 Å². The van der Waals surface area contributed by atoms with Crippen molar-refractivity contribution in [2.75, 3.05) is 0 Å². The van der Waals surface area contributed by atoms with Crippen molar-refractivity contribution in [1.29, 1.82) is 0 Å². The highest BCUT2D eigenvalue weighted by Crippen LogP contribution is 2.31. The van der Waals surface area contributed by atoms with Crippen LogP contribution in [0.2, 0.25) is 0 Å². The monoisotopic (exact) mass is 274 g/mol. The summed E-state index contributed by atoms with van der Waals surface area (Å²) < 4.78 is 1.61. The minimum absolute atomic E-state index is 0.0204. The Kier molecular flexibility index (Phi) is 3.60. The van der Waals surface area contributed by atoms with E-state index in [4.69, 9.17) is 0 Å². The molecule has 4 heteroatoms. The summed E-state index contributed by atoms with van der Waals surface area (Å²) in [5, 5.41) is 0.762. The highest BCUT2D eigenvalue weighted by molar-refractivity contribution is 7.99. The first-order chi connectivity index (χ1) is 9.22. The number of aryl methyl sites for hydroxylation is 1. The maximum Gasteiger partial charge on any atom is 0.258 e. The number of hydrogen-bond donors (Lipinski definition) is 0. The Morgan fingerprint density at radius 2 is 2.16 bits per heavy atom. The lowest BCUT2D eigenvalue weighted by Gasteiger charge is -2.09. The van der Waals surface area contributed by atoms with E-state index in [9.17, 15) is 4.79 Å². The molecule has 0 aromatic carbocycles. The smallest absolute Gasteiger partial charge is 0.258 e. The maximum absolute atomic E-state index is 12.0. The van der Waals surface area contributed by atoms with Gasteiger partial charge in [0.15, 0.2) is 0 Å². The first kappa shape index (κ1) is 12.7. The number of fused-ring (bicyclic) bond motifs is 1. The second-order valence-electron chi connectivity index (χ2n) is 5.24. The number of thioether (sulfide) groups is 1. The third kappa shape index (κ3) is 2.84. The van der Waals surface area contributed by atoms with E-state index in [1.165, 1.54) is 25.7 Å². The first-order valence-corrected chi connectivity index (χ1v) is 7.88. The summed E-state index contributed by atoms with van der Waals surface area (Å²) in [6.07, 6.45) is 7.13. The SMILES string of the molecule is Cc1ccn2c(=O)cc(CSC3CCCC3)nc2c1. The van der Waals surface area contributed by atoms with Crippen molar-refractivity contribution in [3.8, 4) is 0 Å². The van der Waals surface area contributed by atoms with Gasteiger partial charge in [0, 0.05) is 23.3 Å². The molecule has 2 aromatic heterocycles. The lowest BCUT2D eigenvalue weighted by Crippen LogP contribution is -2.15. The normalized spacial score (nSPS) is 16.3. The summed E-state index contributed by atoms with van der Waals surface area (Å²) in [6.45, 7) is 2.02. The molecule has 0 aliphatic heterocycles. The standard InChI is InChI=1S/C15H18N2OS/c1-11-6-7-17-14(8-11)16-12(9-15(17)18)10-19-13-4-2-3-5-13/h6-9,13H,2-5,10H2,1H3. The molecule has 0 unspecified atom stereocenters. The highest BCUT2D eigenvalue weighted by atomic mass is 32.2. The lowest BCUT2D eigenvalue weighted by molar-refractivity contribution is 0.886. The number of aromatic nitrogens is 2. The van der Waals surface area contributed by atoms with Crippen molar-refractivity contribution in [2.45, 2.75) is 43.6 Å². The molecule has 3 rings (SSSR count). The summed E-state index contributed by atoms with van der Waals surface area (Å²) in [7, 11) is 0.